The average molecular weight is 292 g/mol. The van der Waals surface area contributed by atoms with Gasteiger partial charge in [0.1, 0.15) is 5.75 Å². The minimum Gasteiger partial charge on any atom is -0.495 e. The van der Waals surface area contributed by atoms with Crippen LogP contribution in [0.2, 0.25) is 0 Å². The van der Waals surface area contributed by atoms with E-state index in [1.807, 2.05) is 24.0 Å². The Labute approximate surface area is 123 Å². The Morgan fingerprint density at radius 3 is 2.71 bits per heavy atom. The van der Waals surface area contributed by atoms with Gasteiger partial charge in [-0.25, -0.2) is 0 Å². The van der Waals surface area contributed by atoms with Crippen LogP contribution in [0.3, 0.4) is 0 Å². The Bertz CT molecular complexity index is 532. The molecule has 1 aliphatic heterocycles. The quantitative estimate of drug-likeness (QED) is 0.855. The fourth-order valence-corrected chi connectivity index (χ4v) is 2.66. The van der Waals surface area contributed by atoms with Crippen LogP contribution in [0.25, 0.3) is 0 Å². The predicted octanol–water partition coefficient (Wildman–Crippen LogP) is 1.29. The predicted molar refractivity (Wildman–Crippen MR) is 78.4 cm³/mol. The SMILES string of the molecule is COc1ccccc1NC(=O)CN1CC(C)C(C(=O)O)C1. The molecule has 0 radical (unpaired) electrons. The van der Waals surface area contributed by atoms with Crippen molar-refractivity contribution in [1.29, 1.82) is 0 Å². The summed E-state index contributed by atoms with van der Waals surface area (Å²) < 4.78 is 5.18. The highest BCUT2D eigenvalue weighted by atomic mass is 16.5. The zero-order chi connectivity index (χ0) is 15.4. The van der Waals surface area contributed by atoms with Crippen molar-refractivity contribution in [3.63, 3.8) is 0 Å². The van der Waals surface area contributed by atoms with Crippen molar-refractivity contribution in [1.82, 2.24) is 4.90 Å². The summed E-state index contributed by atoms with van der Waals surface area (Å²) in [7, 11) is 1.55. The lowest BCUT2D eigenvalue weighted by Crippen LogP contribution is -2.32. The van der Waals surface area contributed by atoms with Gasteiger partial charge in [-0.05, 0) is 18.1 Å². The molecule has 2 unspecified atom stereocenters. The van der Waals surface area contributed by atoms with E-state index >= 15 is 0 Å². The van der Waals surface area contributed by atoms with E-state index in [0.717, 1.165) is 0 Å². The van der Waals surface area contributed by atoms with Gasteiger partial charge in [-0.15, -0.1) is 0 Å². The summed E-state index contributed by atoms with van der Waals surface area (Å²) in [5.41, 5.74) is 0.618. The number of methoxy groups -OCH3 is 1. The summed E-state index contributed by atoms with van der Waals surface area (Å²) >= 11 is 0. The normalized spacial score (nSPS) is 22.0. The van der Waals surface area contributed by atoms with Gasteiger partial charge in [-0.1, -0.05) is 19.1 Å². The molecule has 114 valence electrons. The van der Waals surface area contributed by atoms with Crippen molar-refractivity contribution >= 4 is 17.6 Å². The molecule has 0 aromatic heterocycles. The summed E-state index contributed by atoms with van der Waals surface area (Å²) in [6.07, 6.45) is 0. The average Bonchev–Trinajstić information content (AvgIpc) is 2.80. The van der Waals surface area contributed by atoms with Crippen LogP contribution in [-0.2, 0) is 9.59 Å². The second-order valence-electron chi connectivity index (χ2n) is 5.36. The summed E-state index contributed by atoms with van der Waals surface area (Å²) in [6.45, 7) is 3.12. The number of ether oxygens (including phenoxy) is 1. The number of rotatable bonds is 5. The van der Waals surface area contributed by atoms with Crippen molar-refractivity contribution in [3.05, 3.63) is 24.3 Å². The lowest BCUT2D eigenvalue weighted by Gasteiger charge is -2.16. The molecule has 1 amide bonds. The van der Waals surface area contributed by atoms with Crippen molar-refractivity contribution in [2.24, 2.45) is 11.8 Å². The van der Waals surface area contributed by atoms with Crippen LogP contribution in [0.15, 0.2) is 24.3 Å². The van der Waals surface area contributed by atoms with Gasteiger partial charge in [-0.3, -0.25) is 14.5 Å². The zero-order valence-electron chi connectivity index (χ0n) is 12.2. The molecule has 1 fully saturated rings. The monoisotopic (exact) mass is 292 g/mol. The van der Waals surface area contributed by atoms with Crippen molar-refractivity contribution in [2.45, 2.75) is 6.92 Å². The highest BCUT2D eigenvalue weighted by Crippen LogP contribution is 2.25. The molecule has 6 heteroatoms. The molecular weight excluding hydrogens is 272 g/mol. The number of carbonyl (C=O) groups excluding carboxylic acids is 1. The van der Waals surface area contributed by atoms with E-state index in [4.69, 9.17) is 9.84 Å². The van der Waals surface area contributed by atoms with Crippen LogP contribution in [-0.4, -0.2) is 48.6 Å². The minimum atomic E-state index is -0.796. The van der Waals surface area contributed by atoms with Crippen LogP contribution >= 0.6 is 0 Å². The molecule has 1 aromatic carbocycles. The number of carboxylic acids is 1. The standard InChI is InChI=1S/C15H20N2O4/c1-10-7-17(8-11(10)15(19)20)9-14(18)16-12-5-3-4-6-13(12)21-2/h3-6,10-11H,7-9H2,1-2H3,(H,16,18)(H,19,20). The van der Waals surface area contributed by atoms with Crippen LogP contribution in [0.1, 0.15) is 6.92 Å². The van der Waals surface area contributed by atoms with Gasteiger partial charge in [0.25, 0.3) is 0 Å². The largest absolute Gasteiger partial charge is 0.495 e. The van der Waals surface area contributed by atoms with E-state index in [-0.39, 0.29) is 18.4 Å². The first-order valence-corrected chi connectivity index (χ1v) is 6.89. The molecule has 2 atom stereocenters. The van der Waals surface area contributed by atoms with E-state index in [1.165, 1.54) is 0 Å². The van der Waals surface area contributed by atoms with Crippen LogP contribution < -0.4 is 10.1 Å². The van der Waals surface area contributed by atoms with Gasteiger partial charge < -0.3 is 15.2 Å². The fourth-order valence-electron chi connectivity index (χ4n) is 2.66. The van der Waals surface area contributed by atoms with Crippen LogP contribution in [0.5, 0.6) is 5.75 Å². The minimum absolute atomic E-state index is 0.0570. The Morgan fingerprint density at radius 2 is 2.10 bits per heavy atom. The lowest BCUT2D eigenvalue weighted by atomic mass is 9.99. The third-order valence-corrected chi connectivity index (χ3v) is 3.75. The Hall–Kier alpha value is -2.08. The smallest absolute Gasteiger partial charge is 0.308 e. The lowest BCUT2D eigenvalue weighted by molar-refractivity contribution is -0.142. The fraction of sp³-hybridized carbons (Fsp3) is 0.467. The van der Waals surface area contributed by atoms with Gasteiger partial charge in [0.15, 0.2) is 0 Å². The third kappa shape index (κ3) is 3.72. The van der Waals surface area contributed by atoms with Crippen LogP contribution in [0, 0.1) is 11.8 Å². The summed E-state index contributed by atoms with van der Waals surface area (Å²) in [5, 5.41) is 11.9. The van der Waals surface area contributed by atoms with Gasteiger partial charge in [-0.2, -0.15) is 0 Å². The molecule has 2 N–H and O–H groups in total. The number of nitrogens with zero attached hydrogens (tertiary/aromatic N) is 1. The number of nitrogens with one attached hydrogen (secondary N) is 1. The summed E-state index contributed by atoms with van der Waals surface area (Å²) in [6, 6.07) is 7.18. The molecule has 21 heavy (non-hydrogen) atoms. The first kappa shape index (κ1) is 15.3. The number of carbonyl (C=O) groups is 2. The highest BCUT2D eigenvalue weighted by Gasteiger charge is 2.35. The number of aliphatic carboxylic acids is 1. The number of benzene rings is 1. The van der Waals surface area contributed by atoms with E-state index in [2.05, 4.69) is 5.32 Å². The molecule has 2 rings (SSSR count). The maximum absolute atomic E-state index is 12.1. The van der Waals surface area contributed by atoms with Gasteiger partial charge in [0.2, 0.25) is 5.91 Å². The molecule has 1 aromatic rings. The summed E-state index contributed by atoms with van der Waals surface area (Å²) in [4.78, 5) is 25.0. The number of para-hydroxylation sites is 2. The number of likely N-dealkylation sites (tertiary alicyclic amines) is 1. The van der Waals surface area contributed by atoms with Gasteiger partial charge in [0, 0.05) is 13.1 Å². The van der Waals surface area contributed by atoms with Gasteiger partial charge >= 0.3 is 5.97 Å². The highest BCUT2D eigenvalue weighted by molar-refractivity contribution is 5.93. The van der Waals surface area contributed by atoms with E-state index in [9.17, 15) is 9.59 Å². The molecule has 1 aliphatic rings. The molecule has 0 bridgehead atoms. The van der Waals surface area contributed by atoms with Crippen LogP contribution in [0.4, 0.5) is 5.69 Å². The third-order valence-electron chi connectivity index (χ3n) is 3.75. The number of carboxylic acid groups (broad SMARTS) is 1. The Morgan fingerprint density at radius 1 is 1.38 bits per heavy atom. The molecule has 1 saturated heterocycles. The van der Waals surface area contributed by atoms with E-state index in [0.29, 0.717) is 24.5 Å². The molecule has 1 heterocycles. The summed E-state index contributed by atoms with van der Waals surface area (Å²) in [5.74, 6) is -0.706. The number of hydrogen-bond acceptors (Lipinski definition) is 4. The second kappa shape index (κ2) is 6.58. The second-order valence-corrected chi connectivity index (χ2v) is 5.36. The number of anilines is 1. The first-order valence-electron chi connectivity index (χ1n) is 6.89. The zero-order valence-corrected chi connectivity index (χ0v) is 12.2. The van der Waals surface area contributed by atoms with E-state index in [1.54, 1.807) is 19.2 Å². The Balaban J connectivity index is 1.92. The topological polar surface area (TPSA) is 78.9 Å². The van der Waals surface area contributed by atoms with E-state index < -0.39 is 11.9 Å². The maximum atomic E-state index is 12.1. The number of hydrogen-bond donors (Lipinski definition) is 2. The van der Waals surface area contributed by atoms with Gasteiger partial charge in [0.05, 0.1) is 25.3 Å². The van der Waals surface area contributed by atoms with Crippen molar-refractivity contribution in [2.75, 3.05) is 32.1 Å². The molecular formula is C15H20N2O4. The molecule has 6 nitrogen and oxygen atoms in total. The van der Waals surface area contributed by atoms with Crippen molar-refractivity contribution in [3.8, 4) is 5.75 Å². The maximum Gasteiger partial charge on any atom is 0.308 e. The molecule has 0 saturated carbocycles. The molecule has 0 spiro atoms. The number of amides is 1. The first-order chi connectivity index (χ1) is 10.0. The van der Waals surface area contributed by atoms with Crippen molar-refractivity contribution < 1.29 is 19.4 Å². The Kier molecular flexibility index (Phi) is 4.80. The molecule has 0 aliphatic carbocycles.